The average molecular weight is 462 g/mol. The number of hydrogen-bond acceptors (Lipinski definition) is 7. The van der Waals surface area contributed by atoms with Crippen LogP contribution in [0.15, 0.2) is 78.9 Å². The smallest absolute Gasteiger partial charge is 0.327 e. The Kier molecular flexibility index (Phi) is 8.80. The number of carbonyl (C=O) groups is 3. The van der Waals surface area contributed by atoms with Gasteiger partial charge in [0.25, 0.3) is 0 Å². The van der Waals surface area contributed by atoms with Gasteiger partial charge in [-0.3, -0.25) is 14.4 Å². The van der Waals surface area contributed by atoms with Crippen LogP contribution in [0.2, 0.25) is 0 Å². The molecule has 0 amide bonds. The van der Waals surface area contributed by atoms with E-state index in [1.54, 1.807) is 18.2 Å². The highest BCUT2D eigenvalue weighted by Gasteiger charge is 2.36. The molecular weight excluding hydrogens is 436 g/mol. The van der Waals surface area contributed by atoms with E-state index in [2.05, 4.69) is 9.47 Å². The molecule has 176 valence electrons. The highest BCUT2D eigenvalue weighted by molar-refractivity contribution is 6.15. The SMILES string of the molecule is COC(=O)C(C(=O)Cc1ccc(OCc2ccccc2)cc1OCc1ccccc1)C(=O)OC. The second-order valence-electron chi connectivity index (χ2n) is 7.44. The first kappa shape index (κ1) is 24.5. The zero-order chi connectivity index (χ0) is 24.3. The molecule has 0 heterocycles. The summed E-state index contributed by atoms with van der Waals surface area (Å²) in [6.45, 7) is 0.631. The molecule has 3 aromatic rings. The van der Waals surface area contributed by atoms with E-state index in [0.717, 1.165) is 25.3 Å². The van der Waals surface area contributed by atoms with Crippen molar-refractivity contribution in [2.75, 3.05) is 14.2 Å². The maximum atomic E-state index is 12.8. The minimum atomic E-state index is -1.66. The number of ketones is 1. The molecule has 0 N–H and O–H groups in total. The predicted octanol–water partition coefficient (Wildman–Crippen LogP) is 3.92. The minimum absolute atomic E-state index is 0.224. The highest BCUT2D eigenvalue weighted by atomic mass is 16.5. The Balaban J connectivity index is 1.82. The van der Waals surface area contributed by atoms with E-state index >= 15 is 0 Å². The van der Waals surface area contributed by atoms with Gasteiger partial charge in [-0.25, -0.2) is 0 Å². The highest BCUT2D eigenvalue weighted by Crippen LogP contribution is 2.28. The standard InChI is InChI=1S/C27H26O7/c1-31-26(29)25(27(30)32-2)23(28)15-21-13-14-22(33-17-19-9-5-3-6-10-19)16-24(21)34-18-20-11-7-4-8-12-20/h3-14,16,25H,15,17-18H2,1-2H3. The van der Waals surface area contributed by atoms with Gasteiger partial charge in [0.15, 0.2) is 5.78 Å². The fraction of sp³-hybridized carbons (Fsp3) is 0.222. The third-order valence-corrected chi connectivity index (χ3v) is 5.08. The Morgan fingerprint density at radius 3 is 1.76 bits per heavy atom. The Morgan fingerprint density at radius 1 is 0.706 bits per heavy atom. The van der Waals surface area contributed by atoms with E-state index in [4.69, 9.17) is 9.47 Å². The molecule has 0 saturated carbocycles. The topological polar surface area (TPSA) is 88.1 Å². The van der Waals surface area contributed by atoms with E-state index in [9.17, 15) is 14.4 Å². The van der Waals surface area contributed by atoms with Gasteiger partial charge in [0.1, 0.15) is 24.7 Å². The molecule has 34 heavy (non-hydrogen) atoms. The van der Waals surface area contributed by atoms with Crippen LogP contribution in [0.3, 0.4) is 0 Å². The van der Waals surface area contributed by atoms with Gasteiger partial charge in [-0.2, -0.15) is 0 Å². The van der Waals surface area contributed by atoms with Crippen LogP contribution >= 0.6 is 0 Å². The van der Waals surface area contributed by atoms with Crippen LogP contribution in [0, 0.1) is 5.92 Å². The normalized spacial score (nSPS) is 10.4. The quantitative estimate of drug-likeness (QED) is 0.315. The summed E-state index contributed by atoms with van der Waals surface area (Å²) in [5.41, 5.74) is 2.45. The lowest BCUT2D eigenvalue weighted by Gasteiger charge is -2.16. The van der Waals surface area contributed by atoms with Gasteiger partial charge in [0.2, 0.25) is 5.92 Å². The molecule has 7 nitrogen and oxygen atoms in total. The number of carbonyl (C=O) groups excluding carboxylic acids is 3. The van der Waals surface area contributed by atoms with Gasteiger partial charge in [-0.15, -0.1) is 0 Å². The van der Waals surface area contributed by atoms with Crippen LogP contribution in [0.4, 0.5) is 0 Å². The second kappa shape index (κ2) is 12.2. The molecule has 0 radical (unpaired) electrons. The predicted molar refractivity (Wildman–Crippen MR) is 124 cm³/mol. The fourth-order valence-corrected chi connectivity index (χ4v) is 3.27. The van der Waals surface area contributed by atoms with E-state index in [1.807, 2.05) is 60.7 Å². The van der Waals surface area contributed by atoms with Crippen LogP contribution in [0.25, 0.3) is 0 Å². The third-order valence-electron chi connectivity index (χ3n) is 5.08. The summed E-state index contributed by atoms with van der Waals surface area (Å²) in [7, 11) is 2.22. The number of methoxy groups -OCH3 is 2. The average Bonchev–Trinajstić information content (AvgIpc) is 2.88. The molecule has 0 bridgehead atoms. The van der Waals surface area contributed by atoms with Gasteiger partial charge < -0.3 is 18.9 Å². The lowest BCUT2D eigenvalue weighted by atomic mass is 9.97. The summed E-state index contributed by atoms with van der Waals surface area (Å²) in [6, 6.07) is 24.4. The maximum absolute atomic E-state index is 12.8. The molecule has 0 atom stereocenters. The largest absolute Gasteiger partial charge is 0.489 e. The Morgan fingerprint density at radius 2 is 1.24 bits per heavy atom. The molecule has 3 rings (SSSR count). The first-order valence-electron chi connectivity index (χ1n) is 10.7. The van der Waals surface area contributed by atoms with Gasteiger partial charge in [0, 0.05) is 18.1 Å². The lowest BCUT2D eigenvalue weighted by molar-refractivity contribution is -0.161. The lowest BCUT2D eigenvalue weighted by Crippen LogP contribution is -2.34. The Hall–Kier alpha value is -4.13. The molecule has 0 aromatic heterocycles. The van der Waals surface area contributed by atoms with Crippen molar-refractivity contribution in [3.8, 4) is 11.5 Å². The molecule has 0 unspecified atom stereocenters. The molecule has 0 aliphatic heterocycles. The van der Waals surface area contributed by atoms with Crippen molar-refractivity contribution >= 4 is 17.7 Å². The van der Waals surface area contributed by atoms with Crippen LogP contribution in [-0.2, 0) is 43.5 Å². The van der Waals surface area contributed by atoms with Crippen molar-refractivity contribution in [2.45, 2.75) is 19.6 Å². The van der Waals surface area contributed by atoms with Crippen molar-refractivity contribution < 1.29 is 33.3 Å². The maximum Gasteiger partial charge on any atom is 0.327 e. The first-order valence-corrected chi connectivity index (χ1v) is 10.7. The summed E-state index contributed by atoms with van der Waals surface area (Å²) in [6.07, 6.45) is -0.224. The molecular formula is C27H26O7. The van der Waals surface area contributed by atoms with E-state index in [0.29, 0.717) is 23.7 Å². The van der Waals surface area contributed by atoms with Gasteiger partial charge in [-0.05, 0) is 17.2 Å². The van der Waals surface area contributed by atoms with Crippen molar-refractivity contribution in [3.05, 3.63) is 95.6 Å². The number of esters is 2. The number of rotatable bonds is 11. The van der Waals surface area contributed by atoms with Crippen molar-refractivity contribution in [2.24, 2.45) is 5.92 Å². The zero-order valence-corrected chi connectivity index (χ0v) is 19.1. The Labute approximate surface area is 198 Å². The van der Waals surface area contributed by atoms with Crippen molar-refractivity contribution in [3.63, 3.8) is 0 Å². The van der Waals surface area contributed by atoms with E-state index in [-0.39, 0.29) is 13.0 Å². The summed E-state index contributed by atoms with van der Waals surface area (Å²) in [4.78, 5) is 36.9. The summed E-state index contributed by atoms with van der Waals surface area (Å²) in [5.74, 6) is -3.28. The molecule has 0 aliphatic carbocycles. The molecule has 3 aromatic carbocycles. The van der Waals surface area contributed by atoms with Crippen LogP contribution < -0.4 is 9.47 Å². The van der Waals surface area contributed by atoms with E-state index < -0.39 is 23.6 Å². The number of ether oxygens (including phenoxy) is 4. The third kappa shape index (κ3) is 6.68. The number of Topliss-reactive ketones (excluding diaryl/α,β-unsaturated/α-hetero) is 1. The van der Waals surface area contributed by atoms with Crippen molar-refractivity contribution in [1.29, 1.82) is 0 Å². The number of benzene rings is 3. The first-order chi connectivity index (χ1) is 16.5. The molecule has 0 spiro atoms. The molecule has 0 saturated heterocycles. The second-order valence-corrected chi connectivity index (χ2v) is 7.44. The van der Waals surface area contributed by atoms with Crippen LogP contribution in [0.1, 0.15) is 16.7 Å². The Bertz CT molecular complexity index is 1090. The monoisotopic (exact) mass is 462 g/mol. The summed E-state index contributed by atoms with van der Waals surface area (Å²) in [5, 5.41) is 0. The summed E-state index contributed by atoms with van der Waals surface area (Å²) >= 11 is 0. The zero-order valence-electron chi connectivity index (χ0n) is 19.1. The van der Waals surface area contributed by atoms with Crippen molar-refractivity contribution in [1.82, 2.24) is 0 Å². The fourth-order valence-electron chi connectivity index (χ4n) is 3.27. The van der Waals surface area contributed by atoms with Gasteiger partial charge >= 0.3 is 11.9 Å². The number of hydrogen-bond donors (Lipinski definition) is 0. The van der Waals surface area contributed by atoms with Crippen LogP contribution in [0.5, 0.6) is 11.5 Å². The minimum Gasteiger partial charge on any atom is -0.489 e. The van der Waals surface area contributed by atoms with Crippen LogP contribution in [-0.4, -0.2) is 31.9 Å². The molecule has 0 aliphatic rings. The van der Waals surface area contributed by atoms with E-state index in [1.165, 1.54) is 0 Å². The van der Waals surface area contributed by atoms with Gasteiger partial charge in [0.05, 0.1) is 14.2 Å². The molecule has 0 fully saturated rings. The summed E-state index contributed by atoms with van der Waals surface area (Å²) < 4.78 is 21.1. The molecule has 7 heteroatoms. The van der Waals surface area contributed by atoms with Gasteiger partial charge in [-0.1, -0.05) is 66.7 Å².